The summed E-state index contributed by atoms with van der Waals surface area (Å²) >= 11 is 12.3. The van der Waals surface area contributed by atoms with Gasteiger partial charge in [0.25, 0.3) is 11.5 Å². The Morgan fingerprint density at radius 3 is 2.39 bits per heavy atom. The number of carbonyl (C=O) groups is 1. The van der Waals surface area contributed by atoms with Gasteiger partial charge in [-0.1, -0.05) is 72.9 Å². The lowest BCUT2D eigenvalue weighted by molar-refractivity contribution is -0.120. The van der Waals surface area contributed by atoms with Crippen LogP contribution in [0.5, 0.6) is 5.75 Å². The molecule has 3 N–H and O–H groups in total. The molecule has 1 heterocycles. The largest absolute Gasteiger partial charge is 0.481 e. The fourth-order valence-corrected chi connectivity index (χ4v) is 3.77. The number of carbonyl (C=O) groups excluding carboxylic acids is 1. The second-order valence-corrected chi connectivity index (χ2v) is 8.12. The van der Waals surface area contributed by atoms with Crippen LogP contribution >= 0.6 is 23.2 Å². The first-order valence-corrected chi connectivity index (χ1v) is 11.1. The lowest BCUT2D eigenvalue weighted by Crippen LogP contribution is -2.42. The maximum Gasteiger partial charge on any atom is 0.330 e. The van der Waals surface area contributed by atoms with Crippen LogP contribution in [0.25, 0.3) is 0 Å². The van der Waals surface area contributed by atoms with E-state index in [0.29, 0.717) is 13.0 Å². The van der Waals surface area contributed by atoms with E-state index in [1.807, 2.05) is 37.3 Å². The summed E-state index contributed by atoms with van der Waals surface area (Å²) in [6, 6.07) is 13.9. The van der Waals surface area contributed by atoms with E-state index in [0.717, 1.165) is 12.0 Å². The summed E-state index contributed by atoms with van der Waals surface area (Å²) in [4.78, 5) is 41.9. The molecule has 0 aliphatic heterocycles. The molecule has 0 atom stereocenters. The Labute approximate surface area is 200 Å². The molecule has 0 fully saturated rings. The average molecular weight is 491 g/mol. The molecule has 2 aromatic carbocycles. The van der Waals surface area contributed by atoms with Crippen molar-refractivity contribution >= 4 is 40.6 Å². The van der Waals surface area contributed by atoms with Crippen molar-refractivity contribution in [3.8, 4) is 5.75 Å². The van der Waals surface area contributed by atoms with Crippen LogP contribution in [0.4, 0.5) is 11.5 Å². The number of amides is 1. The average Bonchev–Trinajstić information content (AvgIpc) is 2.78. The number of unbranched alkanes of at least 4 members (excludes halogenated alkanes) is 1. The third kappa shape index (κ3) is 5.77. The molecule has 0 unspecified atom stereocenters. The molecule has 0 saturated carbocycles. The Morgan fingerprint density at radius 2 is 1.76 bits per heavy atom. The highest BCUT2D eigenvalue weighted by atomic mass is 35.5. The fourth-order valence-electron chi connectivity index (χ4n) is 3.27. The Balaban J connectivity index is 2.01. The first-order valence-electron chi connectivity index (χ1n) is 10.4. The highest BCUT2D eigenvalue weighted by molar-refractivity contribution is 6.37. The monoisotopic (exact) mass is 490 g/mol. The second kappa shape index (κ2) is 11.1. The van der Waals surface area contributed by atoms with E-state index in [4.69, 9.17) is 33.7 Å². The molecule has 0 radical (unpaired) electrons. The van der Waals surface area contributed by atoms with Crippen molar-refractivity contribution < 1.29 is 9.53 Å². The molecular formula is C23H24Cl2N4O4. The van der Waals surface area contributed by atoms with E-state index >= 15 is 0 Å². The number of ether oxygens (including phenoxy) is 1. The molecule has 0 spiro atoms. The maximum absolute atomic E-state index is 13.3. The van der Waals surface area contributed by atoms with Crippen LogP contribution in [0.3, 0.4) is 0 Å². The maximum atomic E-state index is 13.3. The predicted octanol–water partition coefficient (Wildman–Crippen LogP) is 3.84. The van der Waals surface area contributed by atoms with Gasteiger partial charge in [-0.2, -0.15) is 0 Å². The molecule has 174 valence electrons. The number of nitrogens with zero attached hydrogens (tertiary/aromatic N) is 2. The van der Waals surface area contributed by atoms with E-state index in [1.54, 1.807) is 18.2 Å². The first-order chi connectivity index (χ1) is 15.8. The number of rotatable bonds is 9. The summed E-state index contributed by atoms with van der Waals surface area (Å²) < 4.78 is 6.85. The number of anilines is 2. The molecule has 0 bridgehead atoms. The van der Waals surface area contributed by atoms with Crippen LogP contribution in [0.1, 0.15) is 25.3 Å². The lowest BCUT2D eigenvalue weighted by atomic mass is 10.2. The normalized spacial score (nSPS) is 10.8. The van der Waals surface area contributed by atoms with Gasteiger partial charge in [-0.05, 0) is 24.1 Å². The topological polar surface area (TPSA) is 110 Å². The van der Waals surface area contributed by atoms with E-state index in [9.17, 15) is 14.4 Å². The van der Waals surface area contributed by atoms with Gasteiger partial charge >= 0.3 is 5.69 Å². The van der Waals surface area contributed by atoms with Crippen LogP contribution in [0, 0.1) is 0 Å². The lowest BCUT2D eigenvalue weighted by Gasteiger charge is -2.25. The van der Waals surface area contributed by atoms with Crippen molar-refractivity contribution in [3.63, 3.8) is 0 Å². The number of halogens is 2. The molecular weight excluding hydrogens is 467 g/mol. The van der Waals surface area contributed by atoms with E-state index in [1.165, 1.54) is 9.47 Å². The number of aromatic amines is 1. The van der Waals surface area contributed by atoms with E-state index < -0.39 is 23.8 Å². The Hall–Kier alpha value is -3.23. The zero-order valence-electron chi connectivity index (χ0n) is 18.0. The van der Waals surface area contributed by atoms with Gasteiger partial charge in [-0.25, -0.2) is 4.79 Å². The van der Waals surface area contributed by atoms with Gasteiger partial charge in [0.2, 0.25) is 0 Å². The van der Waals surface area contributed by atoms with Gasteiger partial charge in [0.05, 0.1) is 16.6 Å². The smallest absolute Gasteiger partial charge is 0.330 e. The Kier molecular flexibility index (Phi) is 8.19. The molecule has 0 aliphatic carbocycles. The summed E-state index contributed by atoms with van der Waals surface area (Å²) in [6.07, 6.45) is 1.50. The van der Waals surface area contributed by atoms with Crippen LogP contribution in [-0.2, 0) is 17.9 Å². The minimum absolute atomic E-state index is 0.0402. The number of para-hydroxylation sites is 1. The minimum atomic E-state index is -0.759. The fraction of sp³-hybridized carbons (Fsp3) is 0.261. The minimum Gasteiger partial charge on any atom is -0.481 e. The van der Waals surface area contributed by atoms with Crippen LogP contribution in [0.15, 0.2) is 58.1 Å². The molecule has 1 aromatic heterocycles. The van der Waals surface area contributed by atoms with Crippen molar-refractivity contribution in [1.29, 1.82) is 0 Å². The molecule has 0 saturated heterocycles. The summed E-state index contributed by atoms with van der Waals surface area (Å²) in [5, 5.41) is 0.491. The quantitative estimate of drug-likeness (QED) is 0.473. The number of benzene rings is 2. The van der Waals surface area contributed by atoms with E-state index in [-0.39, 0.29) is 33.8 Å². The highest BCUT2D eigenvalue weighted by Gasteiger charge is 2.25. The zero-order valence-corrected chi connectivity index (χ0v) is 19.5. The van der Waals surface area contributed by atoms with Gasteiger partial charge in [0.1, 0.15) is 5.82 Å². The van der Waals surface area contributed by atoms with Crippen molar-refractivity contribution in [1.82, 2.24) is 9.55 Å². The summed E-state index contributed by atoms with van der Waals surface area (Å²) in [5.41, 5.74) is 5.50. The number of hydrogen-bond donors (Lipinski definition) is 2. The SMILES string of the molecule is CCCCn1c(N)c(N(Cc2ccccc2)C(=O)COc2c(Cl)cccc2Cl)c(=O)[nH]c1=O. The number of nitrogens with two attached hydrogens (primary N) is 1. The van der Waals surface area contributed by atoms with Gasteiger partial charge in [-0.3, -0.25) is 24.0 Å². The first kappa shape index (κ1) is 24.4. The molecule has 33 heavy (non-hydrogen) atoms. The van der Waals surface area contributed by atoms with Crippen molar-refractivity contribution in [2.45, 2.75) is 32.9 Å². The van der Waals surface area contributed by atoms with Gasteiger partial charge in [0, 0.05) is 6.54 Å². The third-order valence-electron chi connectivity index (χ3n) is 4.96. The molecule has 3 rings (SSSR count). The number of H-pyrrole nitrogens is 1. The molecule has 0 aliphatic rings. The van der Waals surface area contributed by atoms with Crippen molar-refractivity contribution in [2.75, 3.05) is 17.2 Å². The van der Waals surface area contributed by atoms with Crippen LogP contribution in [0.2, 0.25) is 10.0 Å². The van der Waals surface area contributed by atoms with Gasteiger partial charge < -0.3 is 10.5 Å². The molecule has 3 aromatic rings. The van der Waals surface area contributed by atoms with E-state index in [2.05, 4.69) is 4.98 Å². The Morgan fingerprint density at radius 1 is 1.09 bits per heavy atom. The summed E-state index contributed by atoms with van der Waals surface area (Å²) in [5.74, 6) is -0.492. The third-order valence-corrected chi connectivity index (χ3v) is 5.56. The van der Waals surface area contributed by atoms with Crippen molar-refractivity contribution in [2.24, 2.45) is 0 Å². The predicted molar refractivity (Wildman–Crippen MR) is 130 cm³/mol. The standard InChI is InChI=1S/C23H24Cl2N4O4/c1-2-3-12-28-21(26)19(22(31)27-23(28)32)29(13-15-8-5-4-6-9-15)18(30)14-33-20-16(24)10-7-11-17(20)25/h4-11H,2-3,12-14,26H2,1H3,(H,27,31,32). The van der Waals surface area contributed by atoms with Gasteiger partial charge in [0.15, 0.2) is 18.0 Å². The Bertz CT molecular complexity index is 1220. The molecule has 8 nitrogen and oxygen atoms in total. The zero-order chi connectivity index (χ0) is 24.0. The summed E-state index contributed by atoms with van der Waals surface area (Å²) in [7, 11) is 0. The summed E-state index contributed by atoms with van der Waals surface area (Å²) in [6.45, 7) is 1.86. The molecule has 10 heteroatoms. The number of nitrogens with one attached hydrogen (secondary N) is 1. The van der Waals surface area contributed by atoms with Crippen LogP contribution in [-0.4, -0.2) is 22.1 Å². The second-order valence-electron chi connectivity index (χ2n) is 7.30. The number of nitrogen functional groups attached to an aromatic ring is 1. The van der Waals surface area contributed by atoms with Crippen molar-refractivity contribution in [3.05, 3.63) is 85.0 Å². The number of hydrogen-bond acceptors (Lipinski definition) is 5. The van der Waals surface area contributed by atoms with Crippen LogP contribution < -0.4 is 26.6 Å². The molecule has 1 amide bonds. The van der Waals surface area contributed by atoms with Gasteiger partial charge in [-0.15, -0.1) is 0 Å². The number of aromatic nitrogens is 2. The highest BCUT2D eigenvalue weighted by Crippen LogP contribution is 2.32.